The molecule has 1 aromatic heterocycles. The minimum Gasteiger partial charge on any atom is -0.489 e. The Balaban J connectivity index is 1.62. The zero-order chi connectivity index (χ0) is 19.4. The first-order chi connectivity index (χ1) is 12.9. The van der Waals surface area contributed by atoms with Crippen LogP contribution in [0.4, 0.5) is 5.69 Å². The van der Waals surface area contributed by atoms with Gasteiger partial charge in [0.15, 0.2) is 5.78 Å². The SMILES string of the molecule is CC(=O)c1ccc(NC(=O)c2cc(COc3cccc(C)c3C)cs2)cc1. The molecule has 1 N–H and O–H groups in total. The van der Waals surface area contributed by atoms with Crippen LogP contribution in [0, 0.1) is 13.8 Å². The molecule has 0 spiro atoms. The topological polar surface area (TPSA) is 55.4 Å². The van der Waals surface area contributed by atoms with Crippen LogP contribution in [0.3, 0.4) is 0 Å². The minimum atomic E-state index is -0.173. The van der Waals surface area contributed by atoms with Crippen LogP contribution in [0.2, 0.25) is 0 Å². The molecule has 0 bridgehead atoms. The summed E-state index contributed by atoms with van der Waals surface area (Å²) in [7, 11) is 0. The van der Waals surface area contributed by atoms with Crippen molar-refractivity contribution in [1.82, 2.24) is 0 Å². The summed E-state index contributed by atoms with van der Waals surface area (Å²) in [5, 5.41) is 4.78. The Morgan fingerprint density at radius 2 is 1.81 bits per heavy atom. The van der Waals surface area contributed by atoms with Crippen molar-refractivity contribution in [2.45, 2.75) is 27.4 Å². The molecule has 3 rings (SSSR count). The summed E-state index contributed by atoms with van der Waals surface area (Å²) in [4.78, 5) is 24.3. The summed E-state index contributed by atoms with van der Waals surface area (Å²) in [5.74, 6) is 0.686. The lowest BCUT2D eigenvalue weighted by Gasteiger charge is -2.09. The van der Waals surface area contributed by atoms with Crippen molar-refractivity contribution in [3.63, 3.8) is 0 Å². The van der Waals surface area contributed by atoms with E-state index in [0.717, 1.165) is 16.9 Å². The van der Waals surface area contributed by atoms with Crippen LogP contribution in [-0.2, 0) is 6.61 Å². The van der Waals surface area contributed by atoms with Crippen molar-refractivity contribution in [1.29, 1.82) is 0 Å². The number of carbonyl (C=O) groups is 2. The number of hydrogen-bond donors (Lipinski definition) is 1. The van der Waals surface area contributed by atoms with Gasteiger partial charge in [0.2, 0.25) is 0 Å². The molecule has 0 unspecified atom stereocenters. The number of rotatable bonds is 6. The average molecular weight is 379 g/mol. The Hall–Kier alpha value is -2.92. The van der Waals surface area contributed by atoms with Gasteiger partial charge in [0, 0.05) is 16.8 Å². The molecule has 3 aromatic rings. The molecule has 5 heteroatoms. The molecular formula is C22H21NO3S. The predicted octanol–water partition coefficient (Wildman–Crippen LogP) is 5.40. The van der Waals surface area contributed by atoms with Gasteiger partial charge in [0.05, 0.1) is 4.88 Å². The summed E-state index contributed by atoms with van der Waals surface area (Å²) >= 11 is 1.38. The van der Waals surface area contributed by atoms with Crippen LogP contribution in [0.5, 0.6) is 5.75 Å². The number of Topliss-reactive ketones (excluding diaryl/α,β-unsaturated/α-hetero) is 1. The number of amides is 1. The van der Waals surface area contributed by atoms with Gasteiger partial charge >= 0.3 is 0 Å². The number of hydrogen-bond acceptors (Lipinski definition) is 4. The van der Waals surface area contributed by atoms with Crippen LogP contribution in [0.25, 0.3) is 0 Å². The molecule has 0 aliphatic heterocycles. The third kappa shape index (κ3) is 4.63. The number of thiophene rings is 1. The Morgan fingerprint density at radius 3 is 2.52 bits per heavy atom. The lowest BCUT2D eigenvalue weighted by Crippen LogP contribution is -2.10. The van der Waals surface area contributed by atoms with E-state index in [2.05, 4.69) is 18.3 Å². The van der Waals surface area contributed by atoms with Crippen molar-refractivity contribution in [2.75, 3.05) is 5.32 Å². The monoisotopic (exact) mass is 379 g/mol. The maximum atomic E-state index is 12.4. The van der Waals surface area contributed by atoms with E-state index < -0.39 is 0 Å². The molecule has 2 aromatic carbocycles. The van der Waals surface area contributed by atoms with Gasteiger partial charge in [-0.05, 0) is 73.7 Å². The number of anilines is 1. The van der Waals surface area contributed by atoms with Crippen LogP contribution >= 0.6 is 11.3 Å². The molecule has 0 saturated heterocycles. The minimum absolute atomic E-state index is 0.000350. The van der Waals surface area contributed by atoms with E-state index in [1.165, 1.54) is 23.8 Å². The van der Waals surface area contributed by atoms with Crippen molar-refractivity contribution in [3.8, 4) is 5.75 Å². The van der Waals surface area contributed by atoms with Crippen molar-refractivity contribution < 1.29 is 14.3 Å². The zero-order valence-electron chi connectivity index (χ0n) is 15.5. The second kappa shape index (κ2) is 8.18. The van der Waals surface area contributed by atoms with E-state index in [1.54, 1.807) is 24.3 Å². The number of ether oxygens (including phenoxy) is 1. The average Bonchev–Trinajstić information content (AvgIpc) is 3.12. The Morgan fingerprint density at radius 1 is 1.07 bits per heavy atom. The molecular weight excluding hydrogens is 358 g/mol. The highest BCUT2D eigenvalue weighted by Crippen LogP contribution is 2.23. The van der Waals surface area contributed by atoms with Crippen molar-refractivity contribution >= 4 is 28.7 Å². The summed E-state index contributed by atoms with van der Waals surface area (Å²) < 4.78 is 5.89. The highest BCUT2D eigenvalue weighted by atomic mass is 32.1. The molecule has 138 valence electrons. The van der Waals surface area contributed by atoms with E-state index in [4.69, 9.17) is 4.74 Å². The first-order valence-corrected chi connectivity index (χ1v) is 9.51. The van der Waals surface area contributed by atoms with E-state index in [9.17, 15) is 9.59 Å². The summed E-state index contributed by atoms with van der Waals surface area (Å²) in [6, 6.07) is 14.7. The van der Waals surface area contributed by atoms with Gasteiger partial charge in [-0.1, -0.05) is 12.1 Å². The van der Waals surface area contributed by atoms with Gasteiger partial charge in [-0.25, -0.2) is 0 Å². The lowest BCUT2D eigenvalue weighted by molar-refractivity contribution is 0.101. The van der Waals surface area contributed by atoms with Crippen LogP contribution in [-0.4, -0.2) is 11.7 Å². The summed E-state index contributed by atoms with van der Waals surface area (Å²) in [6.07, 6.45) is 0. The predicted molar refractivity (Wildman–Crippen MR) is 109 cm³/mol. The molecule has 0 saturated carbocycles. The van der Waals surface area contributed by atoms with E-state index in [1.807, 2.05) is 30.5 Å². The second-order valence-corrected chi connectivity index (χ2v) is 7.30. The molecule has 0 radical (unpaired) electrons. The van der Waals surface area contributed by atoms with Gasteiger partial charge < -0.3 is 10.1 Å². The quantitative estimate of drug-likeness (QED) is 0.584. The van der Waals surface area contributed by atoms with Crippen LogP contribution < -0.4 is 10.1 Å². The standard InChI is InChI=1S/C22H21NO3S/c1-14-5-4-6-20(15(14)2)26-12-17-11-21(27-13-17)22(25)23-19-9-7-18(8-10-19)16(3)24/h4-11,13H,12H2,1-3H3,(H,23,25). The Kier molecular flexibility index (Phi) is 5.72. The molecule has 1 amide bonds. The zero-order valence-corrected chi connectivity index (χ0v) is 16.4. The second-order valence-electron chi connectivity index (χ2n) is 6.39. The number of benzene rings is 2. The molecule has 0 atom stereocenters. The third-order valence-corrected chi connectivity index (χ3v) is 5.35. The first-order valence-electron chi connectivity index (χ1n) is 8.63. The number of nitrogens with one attached hydrogen (secondary N) is 1. The van der Waals surface area contributed by atoms with Crippen molar-refractivity contribution in [2.24, 2.45) is 0 Å². The molecule has 0 aliphatic rings. The molecule has 1 heterocycles. The van der Waals surface area contributed by atoms with Gasteiger partial charge in [0.25, 0.3) is 5.91 Å². The molecule has 4 nitrogen and oxygen atoms in total. The van der Waals surface area contributed by atoms with E-state index in [-0.39, 0.29) is 11.7 Å². The summed E-state index contributed by atoms with van der Waals surface area (Å²) in [6.45, 7) is 6.02. The van der Waals surface area contributed by atoms with Gasteiger partial charge in [-0.3, -0.25) is 9.59 Å². The lowest BCUT2D eigenvalue weighted by atomic mass is 10.1. The van der Waals surface area contributed by atoms with Crippen LogP contribution in [0.1, 0.15) is 43.6 Å². The Labute approximate surface area is 162 Å². The van der Waals surface area contributed by atoms with Crippen LogP contribution in [0.15, 0.2) is 53.9 Å². The number of carbonyl (C=O) groups excluding carboxylic acids is 2. The maximum absolute atomic E-state index is 12.4. The fourth-order valence-corrected chi connectivity index (χ4v) is 3.38. The molecule has 0 fully saturated rings. The van der Waals surface area contributed by atoms with E-state index in [0.29, 0.717) is 22.7 Å². The maximum Gasteiger partial charge on any atom is 0.265 e. The van der Waals surface area contributed by atoms with E-state index >= 15 is 0 Å². The highest BCUT2D eigenvalue weighted by molar-refractivity contribution is 7.12. The smallest absolute Gasteiger partial charge is 0.265 e. The van der Waals surface area contributed by atoms with Crippen molar-refractivity contribution in [3.05, 3.63) is 81.0 Å². The number of ketones is 1. The Bertz CT molecular complexity index is 973. The number of aryl methyl sites for hydroxylation is 1. The largest absolute Gasteiger partial charge is 0.489 e. The van der Waals surface area contributed by atoms with Gasteiger partial charge in [-0.15, -0.1) is 11.3 Å². The fraction of sp³-hybridized carbons (Fsp3) is 0.182. The highest BCUT2D eigenvalue weighted by Gasteiger charge is 2.11. The first kappa shape index (κ1) is 18.9. The summed E-state index contributed by atoms with van der Waals surface area (Å²) in [5.41, 5.74) is 4.55. The van der Waals surface area contributed by atoms with Gasteiger partial charge in [-0.2, -0.15) is 0 Å². The third-order valence-electron chi connectivity index (χ3n) is 4.38. The fourth-order valence-electron chi connectivity index (χ4n) is 2.59. The van der Waals surface area contributed by atoms with Gasteiger partial charge in [0.1, 0.15) is 12.4 Å². The molecule has 27 heavy (non-hydrogen) atoms. The normalized spacial score (nSPS) is 10.5. The molecule has 0 aliphatic carbocycles.